The fourth-order valence-corrected chi connectivity index (χ4v) is 3.16. The number of carbonyl (C=O) groups is 2. The van der Waals surface area contributed by atoms with Gasteiger partial charge in [-0.05, 0) is 24.1 Å². The molecule has 2 atom stereocenters. The number of ether oxygens (including phenoxy) is 1. The molecule has 3 rings (SSSR count). The number of hydrogen-bond acceptors (Lipinski definition) is 4. The van der Waals surface area contributed by atoms with Crippen LogP contribution >= 0.6 is 11.3 Å². The standard InChI is InChI=1S/C16H15NO3S/c1-20-16(19)14-8-7-13(21-14)15(18)17-12-9-11(12)10-5-3-2-4-6-10/h2-8,11-12H,9H2,1H3,(H,17,18)/t11-,12+/m1/s1. The number of thiophene rings is 1. The summed E-state index contributed by atoms with van der Waals surface area (Å²) in [7, 11) is 1.33. The summed E-state index contributed by atoms with van der Waals surface area (Å²) >= 11 is 1.15. The highest BCUT2D eigenvalue weighted by Gasteiger charge is 2.39. The summed E-state index contributed by atoms with van der Waals surface area (Å²) in [6, 6.07) is 13.6. The Kier molecular flexibility index (Phi) is 3.75. The van der Waals surface area contributed by atoms with Crippen molar-refractivity contribution in [2.45, 2.75) is 18.4 Å². The minimum absolute atomic E-state index is 0.126. The molecule has 4 nitrogen and oxygen atoms in total. The van der Waals surface area contributed by atoms with E-state index in [1.165, 1.54) is 12.7 Å². The van der Waals surface area contributed by atoms with E-state index in [1.54, 1.807) is 12.1 Å². The molecule has 1 fully saturated rings. The van der Waals surface area contributed by atoms with Gasteiger partial charge >= 0.3 is 5.97 Å². The normalized spacial score (nSPS) is 19.9. The van der Waals surface area contributed by atoms with Crippen LogP contribution < -0.4 is 5.32 Å². The Morgan fingerprint density at radius 2 is 1.86 bits per heavy atom. The molecule has 0 bridgehead atoms. The molecule has 0 aliphatic heterocycles. The zero-order valence-corrected chi connectivity index (χ0v) is 12.4. The molecular formula is C16H15NO3S. The van der Waals surface area contributed by atoms with Crippen molar-refractivity contribution in [3.05, 3.63) is 57.8 Å². The number of benzene rings is 1. The molecule has 1 saturated carbocycles. The lowest BCUT2D eigenvalue weighted by Gasteiger charge is -2.03. The quantitative estimate of drug-likeness (QED) is 0.884. The number of amides is 1. The van der Waals surface area contributed by atoms with Crippen LogP contribution in [0.4, 0.5) is 0 Å². The molecule has 0 saturated heterocycles. The Hall–Kier alpha value is -2.14. The summed E-state index contributed by atoms with van der Waals surface area (Å²) in [6.45, 7) is 0. The molecule has 1 heterocycles. The highest BCUT2D eigenvalue weighted by atomic mass is 32.1. The summed E-state index contributed by atoms with van der Waals surface area (Å²) < 4.78 is 4.64. The summed E-state index contributed by atoms with van der Waals surface area (Å²) in [5, 5.41) is 3.01. The SMILES string of the molecule is COC(=O)c1ccc(C(=O)N[C@H]2C[C@@H]2c2ccccc2)s1. The fourth-order valence-electron chi connectivity index (χ4n) is 2.33. The van der Waals surface area contributed by atoms with E-state index >= 15 is 0 Å². The lowest BCUT2D eigenvalue weighted by Crippen LogP contribution is -2.25. The number of nitrogens with one attached hydrogen (secondary N) is 1. The first-order valence-electron chi connectivity index (χ1n) is 6.73. The van der Waals surface area contributed by atoms with Gasteiger partial charge in [0.2, 0.25) is 0 Å². The smallest absolute Gasteiger partial charge is 0.348 e. The van der Waals surface area contributed by atoms with Crippen LogP contribution in [0, 0.1) is 0 Å². The second-order valence-corrected chi connectivity index (χ2v) is 6.07. The monoisotopic (exact) mass is 301 g/mol. The Bertz CT molecular complexity index is 665. The van der Waals surface area contributed by atoms with E-state index in [9.17, 15) is 9.59 Å². The van der Waals surface area contributed by atoms with E-state index < -0.39 is 5.97 Å². The van der Waals surface area contributed by atoms with E-state index in [0.717, 1.165) is 17.8 Å². The highest BCUT2D eigenvalue weighted by Crippen LogP contribution is 2.40. The molecule has 1 aliphatic rings. The lowest BCUT2D eigenvalue weighted by molar-refractivity contribution is 0.0606. The zero-order chi connectivity index (χ0) is 14.8. The van der Waals surface area contributed by atoms with Gasteiger partial charge in [0.25, 0.3) is 5.91 Å². The van der Waals surface area contributed by atoms with Crippen molar-refractivity contribution >= 4 is 23.2 Å². The van der Waals surface area contributed by atoms with Gasteiger partial charge in [0.05, 0.1) is 12.0 Å². The number of carbonyl (C=O) groups excluding carboxylic acids is 2. The van der Waals surface area contributed by atoms with E-state index in [2.05, 4.69) is 22.2 Å². The van der Waals surface area contributed by atoms with E-state index in [0.29, 0.717) is 15.7 Å². The number of hydrogen-bond donors (Lipinski definition) is 1. The number of methoxy groups -OCH3 is 1. The van der Waals surface area contributed by atoms with Gasteiger partial charge in [0.15, 0.2) is 0 Å². The van der Waals surface area contributed by atoms with Crippen molar-refractivity contribution in [1.82, 2.24) is 5.32 Å². The zero-order valence-electron chi connectivity index (χ0n) is 11.5. The summed E-state index contributed by atoms with van der Waals surface area (Å²) in [5.74, 6) is -0.138. The molecule has 0 spiro atoms. The largest absolute Gasteiger partial charge is 0.465 e. The van der Waals surface area contributed by atoms with Gasteiger partial charge in [-0.2, -0.15) is 0 Å². The van der Waals surface area contributed by atoms with Gasteiger partial charge in [0.1, 0.15) is 4.88 Å². The fraction of sp³-hybridized carbons (Fsp3) is 0.250. The average Bonchev–Trinajstić information content (AvgIpc) is 3.10. The van der Waals surface area contributed by atoms with Crippen LogP contribution in [0.3, 0.4) is 0 Å². The second-order valence-electron chi connectivity index (χ2n) is 4.99. The molecule has 5 heteroatoms. The molecule has 0 radical (unpaired) electrons. The summed E-state index contributed by atoms with van der Waals surface area (Å²) in [6.07, 6.45) is 0.963. The third-order valence-electron chi connectivity index (χ3n) is 3.55. The molecular weight excluding hydrogens is 286 g/mol. The van der Waals surface area contributed by atoms with Gasteiger partial charge in [-0.1, -0.05) is 30.3 Å². The Morgan fingerprint density at radius 3 is 2.57 bits per heavy atom. The molecule has 0 unspecified atom stereocenters. The Morgan fingerprint density at radius 1 is 1.14 bits per heavy atom. The minimum atomic E-state index is -0.410. The second kappa shape index (κ2) is 5.69. The van der Waals surface area contributed by atoms with Crippen LogP contribution in [0.2, 0.25) is 0 Å². The van der Waals surface area contributed by atoms with Crippen LogP contribution in [0.25, 0.3) is 0 Å². The van der Waals surface area contributed by atoms with Crippen molar-refractivity contribution in [2.24, 2.45) is 0 Å². The topological polar surface area (TPSA) is 55.4 Å². The van der Waals surface area contributed by atoms with Crippen molar-refractivity contribution in [1.29, 1.82) is 0 Å². The van der Waals surface area contributed by atoms with Gasteiger partial charge in [-0.15, -0.1) is 11.3 Å². The molecule has 1 amide bonds. The van der Waals surface area contributed by atoms with Gasteiger partial charge < -0.3 is 10.1 Å². The first kappa shape index (κ1) is 13.8. The molecule has 1 N–H and O–H groups in total. The van der Waals surface area contributed by atoms with E-state index in [4.69, 9.17) is 0 Å². The highest BCUT2D eigenvalue weighted by molar-refractivity contribution is 7.15. The maximum absolute atomic E-state index is 12.1. The van der Waals surface area contributed by atoms with Gasteiger partial charge in [0, 0.05) is 12.0 Å². The Balaban J connectivity index is 1.61. The molecule has 108 valence electrons. The molecule has 2 aromatic rings. The first-order chi connectivity index (χ1) is 10.2. The van der Waals surface area contributed by atoms with Crippen LogP contribution in [-0.2, 0) is 4.74 Å². The molecule has 21 heavy (non-hydrogen) atoms. The van der Waals surface area contributed by atoms with Gasteiger partial charge in [-0.25, -0.2) is 4.79 Å². The molecule has 1 aliphatic carbocycles. The summed E-state index contributed by atoms with van der Waals surface area (Å²) in [4.78, 5) is 24.5. The van der Waals surface area contributed by atoms with Crippen molar-refractivity contribution in [3.63, 3.8) is 0 Å². The lowest BCUT2D eigenvalue weighted by atomic mass is 10.1. The third kappa shape index (κ3) is 2.97. The van der Waals surface area contributed by atoms with Crippen molar-refractivity contribution in [3.8, 4) is 0 Å². The van der Waals surface area contributed by atoms with E-state index in [1.807, 2.05) is 18.2 Å². The number of esters is 1. The van der Waals surface area contributed by atoms with Crippen LogP contribution in [0.15, 0.2) is 42.5 Å². The predicted molar refractivity (Wildman–Crippen MR) is 80.7 cm³/mol. The Labute approximate surface area is 126 Å². The first-order valence-corrected chi connectivity index (χ1v) is 7.54. The van der Waals surface area contributed by atoms with Crippen molar-refractivity contribution < 1.29 is 14.3 Å². The van der Waals surface area contributed by atoms with Crippen LogP contribution in [0.1, 0.15) is 37.2 Å². The van der Waals surface area contributed by atoms with Gasteiger partial charge in [-0.3, -0.25) is 4.79 Å². The van der Waals surface area contributed by atoms with E-state index in [-0.39, 0.29) is 11.9 Å². The average molecular weight is 301 g/mol. The maximum Gasteiger partial charge on any atom is 0.348 e. The molecule has 1 aromatic carbocycles. The number of rotatable bonds is 4. The van der Waals surface area contributed by atoms with Crippen LogP contribution in [0.5, 0.6) is 0 Å². The van der Waals surface area contributed by atoms with Crippen molar-refractivity contribution in [2.75, 3.05) is 7.11 Å². The minimum Gasteiger partial charge on any atom is -0.465 e. The predicted octanol–water partition coefficient (Wildman–Crippen LogP) is 2.82. The van der Waals surface area contributed by atoms with Crippen LogP contribution in [-0.4, -0.2) is 25.0 Å². The molecule has 1 aromatic heterocycles. The summed E-state index contributed by atoms with van der Waals surface area (Å²) in [5.41, 5.74) is 1.25. The third-order valence-corrected chi connectivity index (χ3v) is 4.62. The maximum atomic E-state index is 12.1.